The highest BCUT2D eigenvalue weighted by molar-refractivity contribution is 6.99. The van der Waals surface area contributed by atoms with Crippen molar-refractivity contribution in [2.45, 2.75) is 63.4 Å². The van der Waals surface area contributed by atoms with Crippen molar-refractivity contribution >= 4 is 18.7 Å². The zero-order valence-electron chi connectivity index (χ0n) is 17.7. The number of rotatable bonds is 7. The third kappa shape index (κ3) is 4.65. The van der Waals surface area contributed by atoms with Crippen molar-refractivity contribution in [3.8, 4) is 12.3 Å². The van der Waals surface area contributed by atoms with Crippen LogP contribution in [0.2, 0.25) is 5.04 Å². The molecule has 0 spiro atoms. The number of benzene rings is 2. The maximum absolute atomic E-state index is 9.85. The quantitative estimate of drug-likeness (QED) is 0.563. The van der Waals surface area contributed by atoms with Crippen LogP contribution in [0.1, 0.15) is 40.0 Å². The second kappa shape index (κ2) is 9.28. The molecule has 0 bridgehead atoms. The van der Waals surface area contributed by atoms with Crippen molar-refractivity contribution in [2.75, 3.05) is 6.61 Å². The van der Waals surface area contributed by atoms with Gasteiger partial charge in [-0.2, -0.15) is 0 Å². The highest BCUT2D eigenvalue weighted by Gasteiger charge is 2.50. The third-order valence-electron chi connectivity index (χ3n) is 5.84. The summed E-state index contributed by atoms with van der Waals surface area (Å²) < 4.78 is 12.9. The van der Waals surface area contributed by atoms with E-state index in [9.17, 15) is 5.11 Å². The lowest BCUT2D eigenvalue weighted by atomic mass is 10.1. The SMILES string of the molecule is C#CC(O)[C@H]1CC[C@H](CCO[Si](c2ccccc2)(c2ccccc2)C(C)(C)C)O1. The number of aliphatic hydroxyl groups is 1. The fourth-order valence-electron chi connectivity index (χ4n) is 4.39. The molecule has 0 saturated carbocycles. The van der Waals surface area contributed by atoms with Crippen molar-refractivity contribution in [3.63, 3.8) is 0 Å². The van der Waals surface area contributed by atoms with Crippen LogP contribution in [0.4, 0.5) is 0 Å². The highest BCUT2D eigenvalue weighted by Crippen LogP contribution is 2.37. The lowest BCUT2D eigenvalue weighted by molar-refractivity contribution is -0.0186. The first-order valence-corrected chi connectivity index (χ1v) is 12.3. The van der Waals surface area contributed by atoms with Crippen LogP contribution in [0, 0.1) is 12.3 Å². The second-order valence-corrected chi connectivity index (χ2v) is 13.1. The minimum absolute atomic E-state index is 0.0333. The Balaban J connectivity index is 1.83. The fourth-order valence-corrected chi connectivity index (χ4v) is 8.97. The zero-order chi connectivity index (χ0) is 20.9. The molecule has 1 fully saturated rings. The van der Waals surface area contributed by atoms with Gasteiger partial charge in [-0.25, -0.2) is 0 Å². The Bertz CT molecular complexity index is 768. The average Bonchev–Trinajstić information content (AvgIpc) is 3.20. The van der Waals surface area contributed by atoms with Gasteiger partial charge in [0, 0.05) is 6.61 Å². The monoisotopic (exact) mass is 408 g/mol. The molecular formula is C25H32O3Si. The number of aliphatic hydroxyl groups excluding tert-OH is 1. The van der Waals surface area contributed by atoms with Gasteiger partial charge in [0.05, 0.1) is 12.2 Å². The number of hydrogen-bond donors (Lipinski definition) is 1. The Kier molecular flexibility index (Phi) is 6.97. The predicted octanol–water partition coefficient (Wildman–Crippen LogP) is 3.49. The molecule has 1 N–H and O–H groups in total. The molecule has 1 saturated heterocycles. The van der Waals surface area contributed by atoms with Gasteiger partial charge in [0.2, 0.25) is 0 Å². The van der Waals surface area contributed by atoms with Crippen LogP contribution in [0.25, 0.3) is 0 Å². The molecule has 0 aliphatic carbocycles. The second-order valence-electron chi connectivity index (χ2n) is 8.79. The van der Waals surface area contributed by atoms with E-state index in [0.29, 0.717) is 6.61 Å². The van der Waals surface area contributed by atoms with E-state index in [1.54, 1.807) is 0 Å². The summed E-state index contributed by atoms with van der Waals surface area (Å²) in [4.78, 5) is 0. The molecule has 4 heteroatoms. The summed E-state index contributed by atoms with van der Waals surface area (Å²) in [6.07, 6.45) is 6.86. The van der Waals surface area contributed by atoms with Gasteiger partial charge in [0.25, 0.3) is 8.32 Å². The van der Waals surface area contributed by atoms with Crippen molar-refractivity contribution in [3.05, 3.63) is 60.7 Å². The maximum atomic E-state index is 9.85. The molecule has 2 aromatic carbocycles. The Labute approximate surface area is 176 Å². The summed E-state index contributed by atoms with van der Waals surface area (Å²) in [5, 5.41) is 12.4. The number of hydrogen-bond acceptors (Lipinski definition) is 3. The van der Waals surface area contributed by atoms with Gasteiger partial charge < -0.3 is 14.3 Å². The lowest BCUT2D eigenvalue weighted by Gasteiger charge is -2.43. The molecule has 29 heavy (non-hydrogen) atoms. The van der Waals surface area contributed by atoms with Crippen molar-refractivity contribution in [2.24, 2.45) is 0 Å². The highest BCUT2D eigenvalue weighted by atomic mass is 28.4. The molecule has 0 aromatic heterocycles. The van der Waals surface area contributed by atoms with Crippen LogP contribution >= 0.6 is 0 Å². The normalized spacial score (nSPS) is 20.9. The number of terminal acetylenes is 1. The van der Waals surface area contributed by atoms with Gasteiger partial charge in [0.15, 0.2) is 0 Å². The van der Waals surface area contributed by atoms with Gasteiger partial charge >= 0.3 is 0 Å². The first kappa shape index (κ1) is 21.8. The molecule has 2 aromatic rings. The summed E-state index contributed by atoms with van der Waals surface area (Å²) in [6, 6.07) is 21.3. The van der Waals surface area contributed by atoms with Gasteiger partial charge in [-0.05, 0) is 34.7 Å². The first-order chi connectivity index (χ1) is 13.9. The topological polar surface area (TPSA) is 38.7 Å². The van der Waals surface area contributed by atoms with Crippen molar-refractivity contribution in [1.82, 2.24) is 0 Å². The molecule has 1 heterocycles. The Morgan fingerprint density at radius 1 is 1.07 bits per heavy atom. The summed E-state index contributed by atoms with van der Waals surface area (Å²) >= 11 is 0. The Morgan fingerprint density at radius 3 is 2.10 bits per heavy atom. The lowest BCUT2D eigenvalue weighted by Crippen LogP contribution is -2.66. The van der Waals surface area contributed by atoms with E-state index in [2.05, 4.69) is 87.4 Å². The van der Waals surface area contributed by atoms with E-state index in [1.165, 1.54) is 10.4 Å². The summed E-state index contributed by atoms with van der Waals surface area (Å²) in [5.41, 5.74) is 0. The van der Waals surface area contributed by atoms with Crippen LogP contribution in [-0.4, -0.2) is 38.3 Å². The summed E-state index contributed by atoms with van der Waals surface area (Å²) in [7, 11) is -2.50. The van der Waals surface area contributed by atoms with Crippen LogP contribution in [0.3, 0.4) is 0 Å². The smallest absolute Gasteiger partial charge is 0.261 e. The van der Waals surface area contributed by atoms with Crippen molar-refractivity contribution in [1.29, 1.82) is 0 Å². The largest absolute Gasteiger partial charge is 0.407 e. The van der Waals surface area contributed by atoms with Crippen LogP contribution in [-0.2, 0) is 9.16 Å². The standard InChI is InChI=1S/C25H32O3Si/c1-5-23(26)24-17-16-20(28-24)18-19-27-29(25(2,3)4,21-12-8-6-9-13-21)22-14-10-7-11-15-22/h1,6-15,20,23-24,26H,16-19H2,2-4H3/t20-,23?,24-/m1/s1. The third-order valence-corrected chi connectivity index (χ3v) is 10.9. The molecule has 1 unspecified atom stereocenters. The van der Waals surface area contributed by atoms with E-state index >= 15 is 0 Å². The van der Waals surface area contributed by atoms with Gasteiger partial charge in [0.1, 0.15) is 6.10 Å². The van der Waals surface area contributed by atoms with Gasteiger partial charge in [-0.3, -0.25) is 0 Å². The molecule has 1 aliphatic heterocycles. The molecule has 154 valence electrons. The van der Waals surface area contributed by atoms with Gasteiger partial charge in [-0.15, -0.1) is 6.42 Å². The van der Waals surface area contributed by atoms with E-state index < -0.39 is 14.4 Å². The Hall–Kier alpha value is -1.90. The van der Waals surface area contributed by atoms with Crippen LogP contribution in [0.5, 0.6) is 0 Å². The molecule has 3 nitrogen and oxygen atoms in total. The molecule has 0 amide bonds. The van der Waals surface area contributed by atoms with E-state index in [1.807, 2.05) is 0 Å². The summed E-state index contributed by atoms with van der Waals surface area (Å²) in [6.45, 7) is 7.47. The molecule has 3 rings (SSSR count). The van der Waals surface area contributed by atoms with Crippen LogP contribution in [0.15, 0.2) is 60.7 Å². The van der Waals surface area contributed by atoms with Crippen LogP contribution < -0.4 is 10.4 Å². The zero-order valence-corrected chi connectivity index (χ0v) is 18.7. The molecular weight excluding hydrogens is 376 g/mol. The van der Waals surface area contributed by atoms with Gasteiger partial charge in [-0.1, -0.05) is 87.4 Å². The Morgan fingerprint density at radius 2 is 1.62 bits per heavy atom. The maximum Gasteiger partial charge on any atom is 0.261 e. The first-order valence-electron chi connectivity index (χ1n) is 10.4. The molecule has 3 atom stereocenters. The predicted molar refractivity (Wildman–Crippen MR) is 121 cm³/mol. The van der Waals surface area contributed by atoms with E-state index in [0.717, 1.165) is 19.3 Å². The van der Waals surface area contributed by atoms with Crippen molar-refractivity contribution < 1.29 is 14.3 Å². The average molecular weight is 409 g/mol. The minimum atomic E-state index is -2.50. The summed E-state index contributed by atoms with van der Waals surface area (Å²) in [5.74, 6) is 2.38. The molecule has 1 aliphatic rings. The van der Waals surface area contributed by atoms with E-state index in [-0.39, 0.29) is 17.2 Å². The minimum Gasteiger partial charge on any atom is -0.407 e. The van der Waals surface area contributed by atoms with E-state index in [4.69, 9.17) is 15.6 Å². The number of ether oxygens (including phenoxy) is 1. The molecule has 0 radical (unpaired) electrons. The fraction of sp³-hybridized carbons (Fsp3) is 0.440.